The van der Waals surface area contributed by atoms with Gasteiger partial charge in [-0.1, -0.05) is 65.3 Å². The zero-order valence-corrected chi connectivity index (χ0v) is 29.0. The molecule has 9 heteroatoms. The summed E-state index contributed by atoms with van der Waals surface area (Å²) >= 11 is 0. The SMILES string of the molecule is CCCCn1c(=O)c(NC(=O)Nc2c(C(C)C)ccc(N(C)Cc3cccnc3)c2C(C)C)c(-c2cccc(OC)c2)c2cccnc21. The van der Waals surface area contributed by atoms with Crippen LogP contribution in [-0.4, -0.2) is 34.7 Å². The number of urea groups is 1. The summed E-state index contributed by atoms with van der Waals surface area (Å²) in [7, 11) is 3.66. The molecule has 0 spiro atoms. The third-order valence-corrected chi connectivity index (χ3v) is 8.60. The molecule has 9 nitrogen and oxygen atoms in total. The van der Waals surface area contributed by atoms with Gasteiger partial charge in [-0.25, -0.2) is 9.78 Å². The molecule has 5 aromatic rings. The van der Waals surface area contributed by atoms with E-state index in [-0.39, 0.29) is 23.1 Å². The lowest BCUT2D eigenvalue weighted by Crippen LogP contribution is -2.30. The fourth-order valence-electron chi connectivity index (χ4n) is 6.27. The van der Waals surface area contributed by atoms with Crippen molar-refractivity contribution in [1.29, 1.82) is 0 Å². The van der Waals surface area contributed by atoms with Gasteiger partial charge in [0.1, 0.15) is 17.1 Å². The van der Waals surface area contributed by atoms with Crippen molar-refractivity contribution in [3.63, 3.8) is 0 Å². The molecular formula is C39H46N6O3. The first-order valence-electron chi connectivity index (χ1n) is 16.6. The lowest BCUT2D eigenvalue weighted by atomic mass is 9.90. The summed E-state index contributed by atoms with van der Waals surface area (Å²) in [5, 5.41) is 7.00. The summed E-state index contributed by atoms with van der Waals surface area (Å²) in [6.45, 7) is 11.7. The molecule has 0 aliphatic heterocycles. The highest BCUT2D eigenvalue weighted by Crippen LogP contribution is 2.40. The smallest absolute Gasteiger partial charge is 0.323 e. The topological polar surface area (TPSA) is 101 Å². The number of aryl methyl sites for hydroxylation is 1. The molecule has 0 saturated heterocycles. The first-order valence-corrected chi connectivity index (χ1v) is 16.6. The highest BCUT2D eigenvalue weighted by molar-refractivity contribution is 6.08. The summed E-state index contributed by atoms with van der Waals surface area (Å²) in [6.07, 6.45) is 7.03. The Morgan fingerprint density at radius 1 is 0.958 bits per heavy atom. The van der Waals surface area contributed by atoms with Crippen molar-refractivity contribution >= 4 is 34.1 Å². The van der Waals surface area contributed by atoms with Crippen LogP contribution in [0.25, 0.3) is 22.2 Å². The van der Waals surface area contributed by atoms with Gasteiger partial charge in [-0.2, -0.15) is 0 Å². The number of aromatic nitrogens is 3. The van der Waals surface area contributed by atoms with Crippen LogP contribution < -0.4 is 25.8 Å². The van der Waals surface area contributed by atoms with E-state index in [4.69, 9.17) is 4.74 Å². The largest absolute Gasteiger partial charge is 0.497 e. The van der Waals surface area contributed by atoms with E-state index in [0.717, 1.165) is 51.9 Å². The standard InChI is InChI=1S/C39H46N6O3/c1-8-9-21-45-37-31(16-12-20-41-37)34(28-14-10-15-29(22-28)48-7)36(38(45)46)43-39(47)42-35-30(25(2)3)17-18-32(33(35)26(4)5)44(6)24-27-13-11-19-40-23-27/h10-20,22-23,25-26H,8-9,21,24H2,1-7H3,(H2,42,43,47). The minimum absolute atomic E-state index is 0.0932. The van der Waals surface area contributed by atoms with Crippen LogP contribution in [0.3, 0.4) is 0 Å². The number of carbonyl (C=O) groups is 1. The third-order valence-electron chi connectivity index (χ3n) is 8.60. The number of hydrogen-bond acceptors (Lipinski definition) is 6. The van der Waals surface area contributed by atoms with E-state index in [2.05, 4.69) is 85.4 Å². The average Bonchev–Trinajstić information content (AvgIpc) is 3.08. The summed E-state index contributed by atoms with van der Waals surface area (Å²) in [6, 6.07) is 19.0. The molecule has 2 aromatic carbocycles. The van der Waals surface area contributed by atoms with Crippen LogP contribution in [0.2, 0.25) is 0 Å². The van der Waals surface area contributed by atoms with Crippen LogP contribution in [0.15, 0.2) is 84.0 Å². The summed E-state index contributed by atoms with van der Waals surface area (Å²) in [5.74, 6) is 0.877. The Labute approximate surface area is 283 Å². The average molecular weight is 647 g/mol. The maximum atomic E-state index is 14.3. The molecule has 0 aliphatic carbocycles. The van der Waals surface area contributed by atoms with Crippen LogP contribution >= 0.6 is 0 Å². The van der Waals surface area contributed by atoms with Crippen LogP contribution in [0, 0.1) is 0 Å². The summed E-state index contributed by atoms with van der Waals surface area (Å²) in [4.78, 5) is 39.6. The Kier molecular flexibility index (Phi) is 10.8. The second-order valence-electron chi connectivity index (χ2n) is 12.7. The number of nitrogens with one attached hydrogen (secondary N) is 2. The van der Waals surface area contributed by atoms with Crippen LogP contribution in [-0.2, 0) is 13.1 Å². The normalized spacial score (nSPS) is 11.3. The first-order chi connectivity index (χ1) is 23.1. The Morgan fingerprint density at radius 3 is 2.42 bits per heavy atom. The maximum Gasteiger partial charge on any atom is 0.323 e. The number of rotatable bonds is 12. The minimum atomic E-state index is -0.489. The number of anilines is 3. The summed E-state index contributed by atoms with van der Waals surface area (Å²) in [5.41, 5.74) is 6.71. The molecule has 2 N–H and O–H groups in total. The van der Waals surface area contributed by atoms with Gasteiger partial charge in [0, 0.05) is 60.9 Å². The minimum Gasteiger partial charge on any atom is -0.497 e. The predicted molar refractivity (Wildman–Crippen MR) is 197 cm³/mol. The number of hydrogen-bond donors (Lipinski definition) is 2. The number of carbonyl (C=O) groups excluding carboxylic acids is 1. The highest BCUT2D eigenvalue weighted by Gasteiger charge is 2.25. The Balaban J connectivity index is 1.63. The number of nitrogens with zero attached hydrogens (tertiary/aromatic N) is 4. The van der Waals surface area contributed by atoms with Crippen molar-refractivity contribution in [2.45, 2.75) is 72.4 Å². The van der Waals surface area contributed by atoms with Crippen molar-refractivity contribution < 1.29 is 9.53 Å². The number of amides is 2. The third kappa shape index (κ3) is 7.20. The van der Waals surface area contributed by atoms with Gasteiger partial charge in [0.25, 0.3) is 5.56 Å². The van der Waals surface area contributed by atoms with Crippen molar-refractivity contribution in [3.8, 4) is 16.9 Å². The van der Waals surface area contributed by atoms with Crippen molar-refractivity contribution in [2.24, 2.45) is 0 Å². The van der Waals surface area contributed by atoms with Crippen molar-refractivity contribution in [2.75, 3.05) is 29.7 Å². The van der Waals surface area contributed by atoms with Gasteiger partial charge >= 0.3 is 6.03 Å². The number of ether oxygens (including phenoxy) is 1. The van der Waals surface area contributed by atoms with E-state index in [9.17, 15) is 9.59 Å². The van der Waals surface area contributed by atoms with Gasteiger partial charge in [-0.3, -0.25) is 14.3 Å². The molecule has 2 amide bonds. The molecule has 250 valence electrons. The molecule has 0 saturated carbocycles. The van der Waals surface area contributed by atoms with E-state index in [0.29, 0.717) is 30.0 Å². The van der Waals surface area contributed by atoms with Crippen molar-refractivity contribution in [1.82, 2.24) is 14.5 Å². The number of fused-ring (bicyclic) bond motifs is 1. The molecule has 3 aromatic heterocycles. The predicted octanol–water partition coefficient (Wildman–Crippen LogP) is 8.79. The zero-order chi connectivity index (χ0) is 34.4. The second-order valence-corrected chi connectivity index (χ2v) is 12.7. The summed E-state index contributed by atoms with van der Waals surface area (Å²) < 4.78 is 7.20. The fraction of sp³-hybridized carbons (Fsp3) is 0.333. The van der Waals surface area contributed by atoms with E-state index >= 15 is 0 Å². The number of benzene rings is 2. The molecule has 0 atom stereocenters. The molecule has 0 unspecified atom stereocenters. The first kappa shape index (κ1) is 34.2. The molecule has 5 rings (SSSR count). The van der Waals surface area contributed by atoms with Crippen LogP contribution in [0.5, 0.6) is 5.75 Å². The van der Waals surface area contributed by atoms with Crippen molar-refractivity contribution in [3.05, 3.63) is 106 Å². The molecule has 0 bridgehead atoms. The fourth-order valence-corrected chi connectivity index (χ4v) is 6.27. The molecular weight excluding hydrogens is 600 g/mol. The highest BCUT2D eigenvalue weighted by atomic mass is 16.5. The zero-order valence-electron chi connectivity index (χ0n) is 29.0. The van der Waals surface area contributed by atoms with E-state index < -0.39 is 6.03 Å². The van der Waals surface area contributed by atoms with Crippen LogP contribution in [0.4, 0.5) is 21.9 Å². The van der Waals surface area contributed by atoms with Gasteiger partial charge in [0.05, 0.1) is 12.8 Å². The Morgan fingerprint density at radius 2 is 1.73 bits per heavy atom. The molecule has 3 heterocycles. The van der Waals surface area contributed by atoms with Crippen LogP contribution in [0.1, 0.15) is 76.0 Å². The van der Waals surface area contributed by atoms with Gasteiger partial charge in [-0.05, 0) is 71.3 Å². The monoisotopic (exact) mass is 646 g/mol. The van der Waals surface area contributed by atoms with E-state index in [1.807, 2.05) is 48.7 Å². The van der Waals surface area contributed by atoms with Gasteiger partial charge in [0.2, 0.25) is 0 Å². The second kappa shape index (κ2) is 15.2. The van der Waals surface area contributed by atoms with Gasteiger partial charge in [0.15, 0.2) is 0 Å². The number of unbranched alkanes of at least 4 members (excludes halogenated alkanes) is 1. The van der Waals surface area contributed by atoms with E-state index in [1.54, 1.807) is 24.1 Å². The van der Waals surface area contributed by atoms with E-state index in [1.165, 1.54) is 0 Å². The van der Waals surface area contributed by atoms with Gasteiger partial charge < -0.3 is 20.3 Å². The lowest BCUT2D eigenvalue weighted by molar-refractivity contribution is 0.262. The Bertz CT molecular complexity index is 1950. The Hall–Kier alpha value is -5.18. The molecule has 0 aliphatic rings. The number of pyridine rings is 3. The number of methoxy groups -OCH3 is 1. The lowest BCUT2D eigenvalue weighted by Gasteiger charge is -2.29. The van der Waals surface area contributed by atoms with Gasteiger partial charge in [-0.15, -0.1) is 0 Å². The molecule has 0 radical (unpaired) electrons. The maximum absolute atomic E-state index is 14.3. The molecule has 48 heavy (non-hydrogen) atoms. The molecule has 0 fully saturated rings. The quantitative estimate of drug-likeness (QED) is 0.141.